The van der Waals surface area contributed by atoms with Gasteiger partial charge in [-0.15, -0.1) is 0 Å². The van der Waals surface area contributed by atoms with Gasteiger partial charge in [0.05, 0.1) is 11.4 Å². The van der Waals surface area contributed by atoms with Gasteiger partial charge in [-0.3, -0.25) is 9.59 Å². The second kappa shape index (κ2) is 8.62. The molecule has 0 radical (unpaired) electrons. The zero-order chi connectivity index (χ0) is 22.1. The lowest BCUT2D eigenvalue weighted by Gasteiger charge is -2.28. The Morgan fingerprint density at radius 1 is 0.935 bits per heavy atom. The maximum absolute atomic E-state index is 13.6. The SMILES string of the molecule is CC(C)[C@H]1CC[C@@H](C)c2c1nn(C(=O)[C@@H](C)C(=O)c1ccccc1)c2-c1ccccc1. The zero-order valence-corrected chi connectivity index (χ0v) is 18.7. The summed E-state index contributed by atoms with van der Waals surface area (Å²) in [5.41, 5.74) is 4.57. The molecular weight excluding hydrogens is 384 g/mol. The van der Waals surface area contributed by atoms with E-state index in [0.29, 0.717) is 23.3 Å². The normalized spacial score (nSPS) is 19.1. The molecule has 1 aliphatic carbocycles. The van der Waals surface area contributed by atoms with E-state index in [1.54, 1.807) is 19.1 Å². The number of carbonyl (C=O) groups is 2. The molecule has 1 aliphatic rings. The molecule has 0 unspecified atom stereocenters. The fourth-order valence-electron chi connectivity index (χ4n) is 4.75. The molecule has 31 heavy (non-hydrogen) atoms. The second-order valence-electron chi connectivity index (χ2n) is 9.04. The lowest BCUT2D eigenvalue weighted by molar-refractivity contribution is 0.0755. The van der Waals surface area contributed by atoms with Crippen LogP contribution in [0.25, 0.3) is 11.3 Å². The van der Waals surface area contributed by atoms with Crippen molar-refractivity contribution in [3.63, 3.8) is 0 Å². The maximum atomic E-state index is 13.6. The van der Waals surface area contributed by atoms with Crippen LogP contribution in [-0.2, 0) is 0 Å². The van der Waals surface area contributed by atoms with Gasteiger partial charge in [-0.25, -0.2) is 0 Å². The summed E-state index contributed by atoms with van der Waals surface area (Å²) in [6.45, 7) is 8.34. The number of nitrogens with zero attached hydrogens (tertiary/aromatic N) is 2. The van der Waals surface area contributed by atoms with Crippen LogP contribution >= 0.6 is 0 Å². The molecule has 0 N–H and O–H groups in total. The Morgan fingerprint density at radius 2 is 1.55 bits per heavy atom. The van der Waals surface area contributed by atoms with Gasteiger partial charge < -0.3 is 0 Å². The van der Waals surface area contributed by atoms with E-state index in [4.69, 9.17) is 5.10 Å². The minimum absolute atomic E-state index is 0.174. The van der Waals surface area contributed by atoms with Crippen LogP contribution in [0.5, 0.6) is 0 Å². The van der Waals surface area contributed by atoms with Crippen LogP contribution in [-0.4, -0.2) is 21.5 Å². The number of carbonyl (C=O) groups excluding carboxylic acids is 2. The molecule has 3 aromatic rings. The van der Waals surface area contributed by atoms with Gasteiger partial charge in [0.25, 0.3) is 5.91 Å². The molecule has 0 spiro atoms. The van der Waals surface area contributed by atoms with Crippen molar-refractivity contribution >= 4 is 11.7 Å². The molecule has 0 fully saturated rings. The molecule has 1 aromatic heterocycles. The van der Waals surface area contributed by atoms with E-state index in [1.807, 2.05) is 48.5 Å². The second-order valence-corrected chi connectivity index (χ2v) is 9.04. The first-order valence-electron chi connectivity index (χ1n) is 11.2. The monoisotopic (exact) mass is 414 g/mol. The van der Waals surface area contributed by atoms with Crippen molar-refractivity contribution < 1.29 is 9.59 Å². The van der Waals surface area contributed by atoms with Crippen LogP contribution in [0.2, 0.25) is 0 Å². The van der Waals surface area contributed by atoms with Crippen LogP contribution in [0.15, 0.2) is 60.7 Å². The van der Waals surface area contributed by atoms with Crippen LogP contribution in [0.4, 0.5) is 0 Å². The molecule has 3 atom stereocenters. The summed E-state index contributed by atoms with van der Waals surface area (Å²) < 4.78 is 1.53. The fourth-order valence-corrected chi connectivity index (χ4v) is 4.75. The van der Waals surface area contributed by atoms with Crippen molar-refractivity contribution in [1.82, 2.24) is 9.78 Å². The van der Waals surface area contributed by atoms with E-state index in [2.05, 4.69) is 20.8 Å². The summed E-state index contributed by atoms with van der Waals surface area (Å²) >= 11 is 0. The summed E-state index contributed by atoms with van der Waals surface area (Å²) in [5, 5.41) is 4.89. The minimum atomic E-state index is -0.806. The number of hydrogen-bond donors (Lipinski definition) is 0. The summed E-state index contributed by atoms with van der Waals surface area (Å²) in [6, 6.07) is 19.0. The summed E-state index contributed by atoms with van der Waals surface area (Å²) in [5.74, 6) is -0.163. The first-order chi connectivity index (χ1) is 14.9. The van der Waals surface area contributed by atoms with E-state index in [1.165, 1.54) is 10.2 Å². The fraction of sp³-hybridized carbons (Fsp3) is 0.370. The molecule has 2 aromatic carbocycles. The molecule has 1 heterocycles. The molecule has 0 aliphatic heterocycles. The molecule has 4 heteroatoms. The van der Waals surface area contributed by atoms with Gasteiger partial charge in [0.15, 0.2) is 5.78 Å². The van der Waals surface area contributed by atoms with Crippen LogP contribution < -0.4 is 0 Å². The van der Waals surface area contributed by atoms with Crippen molar-refractivity contribution in [2.45, 2.75) is 52.4 Å². The Hall–Kier alpha value is -3.01. The Balaban J connectivity index is 1.85. The molecule has 0 saturated carbocycles. The van der Waals surface area contributed by atoms with Gasteiger partial charge >= 0.3 is 0 Å². The molecule has 4 nitrogen and oxygen atoms in total. The lowest BCUT2D eigenvalue weighted by Crippen LogP contribution is -2.28. The number of fused-ring (bicyclic) bond motifs is 1. The third kappa shape index (κ3) is 3.87. The third-order valence-electron chi connectivity index (χ3n) is 6.59. The average molecular weight is 415 g/mol. The predicted molar refractivity (Wildman–Crippen MR) is 123 cm³/mol. The summed E-state index contributed by atoms with van der Waals surface area (Å²) in [4.78, 5) is 26.7. The van der Waals surface area contributed by atoms with Crippen molar-refractivity contribution in [1.29, 1.82) is 0 Å². The van der Waals surface area contributed by atoms with Crippen molar-refractivity contribution in [2.75, 3.05) is 0 Å². The Kier molecular flexibility index (Phi) is 5.90. The number of hydrogen-bond acceptors (Lipinski definition) is 3. The predicted octanol–water partition coefficient (Wildman–Crippen LogP) is 6.35. The van der Waals surface area contributed by atoms with E-state index < -0.39 is 5.92 Å². The van der Waals surface area contributed by atoms with E-state index in [0.717, 1.165) is 29.8 Å². The summed E-state index contributed by atoms with van der Waals surface area (Å²) in [6.07, 6.45) is 2.15. The average Bonchev–Trinajstić information content (AvgIpc) is 3.20. The highest BCUT2D eigenvalue weighted by molar-refractivity contribution is 6.10. The van der Waals surface area contributed by atoms with Crippen molar-refractivity contribution in [2.24, 2.45) is 11.8 Å². The highest BCUT2D eigenvalue weighted by Gasteiger charge is 2.36. The third-order valence-corrected chi connectivity index (χ3v) is 6.59. The maximum Gasteiger partial charge on any atom is 0.258 e. The van der Waals surface area contributed by atoms with E-state index >= 15 is 0 Å². The zero-order valence-electron chi connectivity index (χ0n) is 18.7. The molecular formula is C27H30N2O2. The number of Topliss-reactive ketones (excluding diaryl/α,β-unsaturated/α-hetero) is 1. The topological polar surface area (TPSA) is 52.0 Å². The van der Waals surface area contributed by atoms with Gasteiger partial charge in [-0.1, -0.05) is 81.4 Å². The van der Waals surface area contributed by atoms with E-state index in [-0.39, 0.29) is 11.7 Å². The van der Waals surface area contributed by atoms with Gasteiger partial charge in [-0.05, 0) is 31.6 Å². The van der Waals surface area contributed by atoms with Crippen molar-refractivity contribution in [3.8, 4) is 11.3 Å². The highest BCUT2D eigenvalue weighted by Crippen LogP contribution is 2.46. The van der Waals surface area contributed by atoms with Crippen LogP contribution in [0.1, 0.15) is 78.8 Å². The quantitative estimate of drug-likeness (QED) is 0.361. The number of aromatic nitrogens is 2. The lowest BCUT2D eigenvalue weighted by atomic mass is 9.75. The largest absolute Gasteiger partial charge is 0.293 e. The Bertz CT molecular complexity index is 1080. The molecule has 0 amide bonds. The first-order valence-corrected chi connectivity index (χ1v) is 11.2. The van der Waals surface area contributed by atoms with Gasteiger partial charge in [0, 0.05) is 22.6 Å². The number of ketones is 1. The van der Waals surface area contributed by atoms with Gasteiger partial charge in [-0.2, -0.15) is 9.78 Å². The molecule has 4 rings (SSSR count). The number of benzene rings is 2. The molecule has 0 bridgehead atoms. The first kappa shape index (κ1) is 21.2. The van der Waals surface area contributed by atoms with E-state index in [9.17, 15) is 9.59 Å². The molecule has 0 saturated heterocycles. The summed E-state index contributed by atoms with van der Waals surface area (Å²) in [7, 11) is 0. The smallest absolute Gasteiger partial charge is 0.258 e. The Morgan fingerprint density at radius 3 is 2.16 bits per heavy atom. The van der Waals surface area contributed by atoms with Crippen molar-refractivity contribution in [3.05, 3.63) is 77.5 Å². The van der Waals surface area contributed by atoms with Gasteiger partial charge in [0.1, 0.15) is 5.92 Å². The van der Waals surface area contributed by atoms with Crippen LogP contribution in [0.3, 0.4) is 0 Å². The minimum Gasteiger partial charge on any atom is -0.293 e. The Labute approximate surface area is 184 Å². The molecule has 160 valence electrons. The van der Waals surface area contributed by atoms with Crippen LogP contribution in [0, 0.1) is 11.8 Å². The van der Waals surface area contributed by atoms with Gasteiger partial charge in [0.2, 0.25) is 0 Å². The standard InChI is InChI=1S/C27H30N2O2/c1-17(2)22-16-15-18(3)23-24(22)28-29(25(23)20-11-7-5-8-12-20)27(31)19(4)26(30)21-13-9-6-10-14-21/h5-14,17-19,22H,15-16H2,1-4H3/t18-,19+,22-/m1/s1. The number of rotatable bonds is 5. The highest BCUT2D eigenvalue weighted by atomic mass is 16.2.